The number of aliphatic hydroxyl groups excluding tert-OH is 2. The van der Waals surface area contributed by atoms with Gasteiger partial charge in [0.1, 0.15) is 5.75 Å². The Morgan fingerprint density at radius 1 is 0.870 bits per heavy atom. The van der Waals surface area contributed by atoms with Gasteiger partial charge in [-0.3, -0.25) is 4.79 Å². The predicted octanol–water partition coefficient (Wildman–Crippen LogP) is 6.80. The Bertz CT molecular complexity index is 1640. The van der Waals surface area contributed by atoms with Crippen molar-refractivity contribution in [3.8, 4) is 16.9 Å². The highest BCUT2D eigenvalue weighted by Crippen LogP contribution is 2.44. The molecule has 6 rings (SSSR count). The van der Waals surface area contributed by atoms with Crippen molar-refractivity contribution in [2.24, 2.45) is 4.99 Å². The van der Waals surface area contributed by atoms with E-state index in [1.807, 2.05) is 78.9 Å². The summed E-state index contributed by atoms with van der Waals surface area (Å²) in [5.41, 5.74) is 3.41. The Balaban J connectivity index is 1.40. The number of aliphatic imine (C=N–C) groups is 1. The molecule has 2 aliphatic rings. The van der Waals surface area contributed by atoms with Crippen LogP contribution in [0.1, 0.15) is 54.9 Å². The molecule has 8 heteroatoms. The van der Waals surface area contributed by atoms with Gasteiger partial charge in [-0.25, -0.2) is 4.99 Å². The molecule has 0 saturated heterocycles. The van der Waals surface area contributed by atoms with Crippen LogP contribution in [0.5, 0.6) is 5.75 Å². The number of halogens is 1. The van der Waals surface area contributed by atoms with E-state index in [0.717, 1.165) is 32.3 Å². The first-order chi connectivity index (χ1) is 22.4. The highest BCUT2D eigenvalue weighted by Gasteiger charge is 2.54. The van der Waals surface area contributed by atoms with Crippen molar-refractivity contribution >= 4 is 27.7 Å². The Kier molecular flexibility index (Phi) is 10.2. The number of benzene rings is 4. The van der Waals surface area contributed by atoms with Crippen LogP contribution in [-0.4, -0.2) is 52.9 Å². The van der Waals surface area contributed by atoms with Gasteiger partial charge in [0, 0.05) is 35.5 Å². The number of nitrogens with one attached hydrogen (secondary N) is 1. The number of amides is 1. The number of rotatable bonds is 11. The maximum atomic E-state index is 14.7. The van der Waals surface area contributed by atoms with E-state index < -0.39 is 11.6 Å². The number of nitrogens with zero attached hydrogens (tertiary/aromatic N) is 1. The molecule has 46 heavy (non-hydrogen) atoms. The number of carbonyl (C=O) groups is 1. The minimum atomic E-state index is -1.31. The number of aliphatic hydroxyl groups is 2. The molecule has 4 aromatic carbocycles. The first-order valence-corrected chi connectivity index (χ1v) is 16.7. The summed E-state index contributed by atoms with van der Waals surface area (Å²) in [7, 11) is 0. The van der Waals surface area contributed by atoms with Gasteiger partial charge in [-0.1, -0.05) is 88.7 Å². The van der Waals surface area contributed by atoms with Crippen LogP contribution in [0.3, 0.4) is 0 Å². The van der Waals surface area contributed by atoms with Crippen molar-refractivity contribution in [3.05, 3.63) is 124 Å². The highest BCUT2D eigenvalue weighted by atomic mass is 79.9. The molecule has 0 spiro atoms. The van der Waals surface area contributed by atoms with Gasteiger partial charge in [0.05, 0.1) is 12.7 Å². The van der Waals surface area contributed by atoms with Crippen LogP contribution in [-0.2, 0) is 16.0 Å². The first kappa shape index (κ1) is 32.0. The van der Waals surface area contributed by atoms with E-state index in [2.05, 4.69) is 45.5 Å². The van der Waals surface area contributed by atoms with E-state index in [9.17, 15) is 9.90 Å². The van der Waals surface area contributed by atoms with E-state index in [0.29, 0.717) is 56.8 Å². The standard InChI is InChI=1S/C38H39BrN2O5/c39-34-10-5-4-9-30(34)25-38(37(44)40-31-17-19-32(43)20-18-31)35(28-13-11-27(12-14-28)26-7-2-1-3-8-26)46-36(41-38)29-15-21-33(22-16-29)45-24-6-23-42/h1-5,7-16,21-22,31-32,35,42-43H,6,17-20,23-25H2,(H,40,44)/t31?,32?,35-,38-/m1/s1. The van der Waals surface area contributed by atoms with Gasteiger partial charge in [-0.05, 0) is 78.3 Å². The summed E-state index contributed by atoms with van der Waals surface area (Å²) >= 11 is 3.71. The lowest BCUT2D eigenvalue weighted by molar-refractivity contribution is -0.130. The molecule has 1 fully saturated rings. The van der Waals surface area contributed by atoms with E-state index in [1.165, 1.54) is 0 Å². The van der Waals surface area contributed by atoms with Gasteiger partial charge in [-0.2, -0.15) is 0 Å². The maximum absolute atomic E-state index is 14.7. The lowest BCUT2D eigenvalue weighted by Gasteiger charge is -2.34. The zero-order valence-corrected chi connectivity index (χ0v) is 27.2. The summed E-state index contributed by atoms with van der Waals surface area (Å²) < 4.78 is 13.4. The zero-order valence-electron chi connectivity index (χ0n) is 25.6. The molecule has 7 nitrogen and oxygen atoms in total. The second kappa shape index (κ2) is 14.6. The molecule has 0 bridgehead atoms. The Hall–Kier alpha value is -3.98. The summed E-state index contributed by atoms with van der Waals surface area (Å²) in [6.45, 7) is 0.487. The third-order valence-electron chi connectivity index (χ3n) is 8.80. The van der Waals surface area contributed by atoms with E-state index in [1.54, 1.807) is 0 Å². The first-order valence-electron chi connectivity index (χ1n) is 15.9. The molecule has 1 amide bonds. The fourth-order valence-electron chi connectivity index (χ4n) is 6.23. The summed E-state index contributed by atoms with van der Waals surface area (Å²) in [5, 5.41) is 22.5. The van der Waals surface area contributed by atoms with Gasteiger partial charge in [-0.15, -0.1) is 0 Å². The lowest BCUT2D eigenvalue weighted by atomic mass is 9.81. The maximum Gasteiger partial charge on any atom is 0.252 e. The third kappa shape index (κ3) is 7.20. The number of hydrogen-bond acceptors (Lipinski definition) is 6. The van der Waals surface area contributed by atoms with Gasteiger partial charge in [0.2, 0.25) is 5.90 Å². The molecule has 3 N–H and O–H groups in total. The van der Waals surface area contributed by atoms with Crippen LogP contribution < -0.4 is 10.1 Å². The Morgan fingerprint density at radius 2 is 1.52 bits per heavy atom. The molecule has 4 aromatic rings. The number of ether oxygens (including phenoxy) is 2. The molecule has 238 valence electrons. The summed E-state index contributed by atoms with van der Waals surface area (Å²) in [5.74, 6) is 0.876. The van der Waals surface area contributed by atoms with Gasteiger partial charge < -0.3 is 25.0 Å². The molecule has 1 aliphatic heterocycles. The molecular formula is C38H39BrN2O5. The van der Waals surface area contributed by atoms with Crippen LogP contribution in [0.25, 0.3) is 11.1 Å². The van der Waals surface area contributed by atoms with Crippen molar-refractivity contribution < 1.29 is 24.5 Å². The monoisotopic (exact) mass is 682 g/mol. The van der Waals surface area contributed by atoms with Gasteiger partial charge in [0.25, 0.3) is 5.91 Å². The quantitative estimate of drug-likeness (QED) is 0.151. The fourth-order valence-corrected chi connectivity index (χ4v) is 6.65. The molecule has 1 aliphatic carbocycles. The predicted molar refractivity (Wildman–Crippen MR) is 183 cm³/mol. The van der Waals surface area contributed by atoms with Gasteiger partial charge in [0.15, 0.2) is 11.6 Å². The van der Waals surface area contributed by atoms with Crippen LogP contribution in [0, 0.1) is 0 Å². The van der Waals surface area contributed by atoms with Gasteiger partial charge >= 0.3 is 0 Å². The van der Waals surface area contributed by atoms with E-state index in [-0.39, 0.29) is 24.7 Å². The van der Waals surface area contributed by atoms with Crippen molar-refractivity contribution in [3.63, 3.8) is 0 Å². The zero-order chi connectivity index (χ0) is 31.9. The fraction of sp³-hybridized carbons (Fsp3) is 0.316. The average Bonchev–Trinajstić information content (AvgIpc) is 3.48. The topological polar surface area (TPSA) is 100 Å². The van der Waals surface area contributed by atoms with Crippen LogP contribution in [0.15, 0.2) is 113 Å². The van der Waals surface area contributed by atoms with Crippen LogP contribution in [0.2, 0.25) is 0 Å². The molecule has 1 saturated carbocycles. The van der Waals surface area contributed by atoms with Crippen molar-refractivity contribution in [2.75, 3.05) is 13.2 Å². The number of hydrogen-bond donors (Lipinski definition) is 3. The van der Waals surface area contributed by atoms with E-state index >= 15 is 0 Å². The third-order valence-corrected chi connectivity index (χ3v) is 9.57. The smallest absolute Gasteiger partial charge is 0.252 e. The SMILES string of the molecule is O=C(NC1CCC(O)CC1)[C@]1(Cc2ccccc2Br)N=C(c2ccc(OCCCO)cc2)O[C@@H]1c1ccc(-c2ccccc2)cc1. The highest BCUT2D eigenvalue weighted by molar-refractivity contribution is 9.10. The Labute approximate surface area is 278 Å². The Morgan fingerprint density at radius 3 is 2.22 bits per heavy atom. The summed E-state index contributed by atoms with van der Waals surface area (Å²) in [6.07, 6.45) is 2.57. The summed E-state index contributed by atoms with van der Waals surface area (Å²) in [6, 6.07) is 33.7. The van der Waals surface area contributed by atoms with E-state index in [4.69, 9.17) is 19.6 Å². The van der Waals surface area contributed by atoms with Crippen LogP contribution in [0.4, 0.5) is 0 Å². The average molecular weight is 684 g/mol. The lowest BCUT2D eigenvalue weighted by Crippen LogP contribution is -2.53. The van der Waals surface area contributed by atoms with Crippen molar-refractivity contribution in [2.45, 2.75) is 62.3 Å². The minimum Gasteiger partial charge on any atom is -0.494 e. The number of carbonyl (C=O) groups excluding carboxylic acids is 1. The molecule has 0 unspecified atom stereocenters. The van der Waals surface area contributed by atoms with Crippen molar-refractivity contribution in [1.82, 2.24) is 5.32 Å². The normalized spacial score (nSPS) is 22.5. The minimum absolute atomic E-state index is 0.0531. The largest absolute Gasteiger partial charge is 0.494 e. The molecule has 0 aromatic heterocycles. The summed E-state index contributed by atoms with van der Waals surface area (Å²) in [4.78, 5) is 19.9. The van der Waals surface area contributed by atoms with Crippen molar-refractivity contribution in [1.29, 1.82) is 0 Å². The molecular weight excluding hydrogens is 644 g/mol. The van der Waals surface area contributed by atoms with Crippen LogP contribution >= 0.6 is 15.9 Å². The second-order valence-electron chi connectivity index (χ2n) is 12.0. The molecule has 1 heterocycles. The molecule has 0 radical (unpaired) electrons. The second-order valence-corrected chi connectivity index (χ2v) is 12.9. The molecule has 2 atom stereocenters.